The van der Waals surface area contributed by atoms with E-state index < -0.39 is 23.7 Å². The molecule has 2 N–H and O–H groups in total. The highest BCUT2D eigenvalue weighted by Gasteiger charge is 2.38. The van der Waals surface area contributed by atoms with Crippen LogP contribution in [0.2, 0.25) is 0 Å². The highest BCUT2D eigenvalue weighted by Crippen LogP contribution is 2.32. The minimum Gasteiger partial charge on any atom is -0.494 e. The molecule has 1 amide bonds. The van der Waals surface area contributed by atoms with Crippen molar-refractivity contribution in [2.45, 2.75) is 12.5 Å². The second kappa shape index (κ2) is 4.64. The van der Waals surface area contributed by atoms with Crippen LogP contribution in [-0.4, -0.2) is 24.1 Å². The average Bonchev–Trinajstić information content (AvgIpc) is 2.72. The summed E-state index contributed by atoms with van der Waals surface area (Å²) in [5.41, 5.74) is 0.520. The van der Waals surface area contributed by atoms with E-state index in [1.807, 2.05) is 0 Å². The third kappa shape index (κ3) is 2.13. The second-order valence-corrected chi connectivity index (χ2v) is 4.09. The number of methoxy groups -OCH3 is 1. The molecule has 1 aromatic rings. The van der Waals surface area contributed by atoms with Gasteiger partial charge in [0.05, 0.1) is 19.1 Å². The molecule has 0 bridgehead atoms. The summed E-state index contributed by atoms with van der Waals surface area (Å²) in [4.78, 5) is 22.3. The van der Waals surface area contributed by atoms with E-state index in [0.717, 1.165) is 0 Å². The molecule has 2 rings (SSSR count). The van der Waals surface area contributed by atoms with Crippen molar-refractivity contribution in [2.24, 2.45) is 5.92 Å². The Labute approximate surface area is 103 Å². The predicted octanol–water partition coefficient (Wildman–Crippen LogP) is 1.10. The van der Waals surface area contributed by atoms with E-state index >= 15 is 0 Å². The Kier molecular flexibility index (Phi) is 3.18. The van der Waals surface area contributed by atoms with Gasteiger partial charge in [-0.25, -0.2) is 4.39 Å². The van der Waals surface area contributed by atoms with Crippen LogP contribution >= 0.6 is 0 Å². The zero-order valence-corrected chi connectivity index (χ0v) is 9.64. The number of halogens is 1. The van der Waals surface area contributed by atoms with Gasteiger partial charge in [-0.05, 0) is 17.7 Å². The van der Waals surface area contributed by atoms with Crippen LogP contribution in [0.4, 0.5) is 4.39 Å². The standard InChI is InChI=1S/C12H12FNO4/c1-18-9-4-6(2-3-8(9)13)11-7(12(16)17)5-10(15)14-11/h2-4,7,11H,5H2,1H3,(H,14,15)(H,16,17)/t7-,11?/m0/s1. The number of nitrogens with one attached hydrogen (secondary N) is 1. The number of benzene rings is 1. The first-order valence-electron chi connectivity index (χ1n) is 5.38. The smallest absolute Gasteiger partial charge is 0.309 e. The van der Waals surface area contributed by atoms with Crippen LogP contribution in [0.15, 0.2) is 18.2 Å². The predicted molar refractivity (Wildman–Crippen MR) is 59.6 cm³/mol. The Morgan fingerprint density at radius 3 is 2.89 bits per heavy atom. The minimum atomic E-state index is -1.05. The molecule has 96 valence electrons. The molecule has 1 heterocycles. The van der Waals surface area contributed by atoms with Crippen LogP contribution in [0.25, 0.3) is 0 Å². The maximum absolute atomic E-state index is 13.3. The topological polar surface area (TPSA) is 75.6 Å². The molecule has 0 saturated carbocycles. The number of carboxylic acid groups (broad SMARTS) is 1. The third-order valence-corrected chi connectivity index (χ3v) is 2.98. The third-order valence-electron chi connectivity index (χ3n) is 2.98. The summed E-state index contributed by atoms with van der Waals surface area (Å²) in [6.07, 6.45) is -0.0698. The number of carbonyl (C=O) groups excluding carboxylic acids is 1. The van der Waals surface area contributed by atoms with E-state index in [4.69, 9.17) is 9.84 Å². The molecule has 0 radical (unpaired) electrons. The molecule has 0 spiro atoms. The molecule has 0 aliphatic carbocycles. The molecule has 2 atom stereocenters. The summed E-state index contributed by atoms with van der Waals surface area (Å²) in [5, 5.41) is 11.6. The first kappa shape index (κ1) is 12.3. The van der Waals surface area contributed by atoms with Crippen LogP contribution in [0, 0.1) is 11.7 Å². The quantitative estimate of drug-likeness (QED) is 0.845. The fraction of sp³-hybridized carbons (Fsp3) is 0.333. The molecule has 1 fully saturated rings. The van der Waals surface area contributed by atoms with E-state index in [2.05, 4.69) is 5.32 Å². The highest BCUT2D eigenvalue weighted by molar-refractivity contribution is 5.87. The van der Waals surface area contributed by atoms with Gasteiger partial charge in [0, 0.05) is 6.42 Å². The maximum atomic E-state index is 13.3. The molecule has 5 nitrogen and oxygen atoms in total. The number of amides is 1. The zero-order chi connectivity index (χ0) is 13.3. The summed E-state index contributed by atoms with van der Waals surface area (Å²) in [5.74, 6) is -2.72. The lowest BCUT2D eigenvalue weighted by atomic mass is 9.94. The largest absolute Gasteiger partial charge is 0.494 e. The molecular formula is C12H12FNO4. The Morgan fingerprint density at radius 2 is 2.28 bits per heavy atom. The minimum absolute atomic E-state index is 0.0257. The van der Waals surface area contributed by atoms with E-state index in [0.29, 0.717) is 5.56 Å². The van der Waals surface area contributed by atoms with Crippen molar-refractivity contribution in [3.63, 3.8) is 0 Å². The molecule has 1 aliphatic rings. The van der Waals surface area contributed by atoms with Gasteiger partial charge < -0.3 is 15.2 Å². The molecule has 1 unspecified atom stereocenters. The normalized spacial score (nSPS) is 22.7. The van der Waals surface area contributed by atoms with Crippen molar-refractivity contribution < 1.29 is 23.8 Å². The fourth-order valence-electron chi connectivity index (χ4n) is 2.07. The summed E-state index contributed by atoms with van der Waals surface area (Å²) in [7, 11) is 1.32. The second-order valence-electron chi connectivity index (χ2n) is 4.09. The lowest BCUT2D eigenvalue weighted by Gasteiger charge is -2.16. The van der Waals surface area contributed by atoms with Gasteiger partial charge in [0.25, 0.3) is 0 Å². The van der Waals surface area contributed by atoms with Crippen LogP contribution in [-0.2, 0) is 9.59 Å². The van der Waals surface area contributed by atoms with Gasteiger partial charge in [0.2, 0.25) is 5.91 Å². The van der Waals surface area contributed by atoms with E-state index in [-0.39, 0.29) is 18.1 Å². The summed E-state index contributed by atoms with van der Waals surface area (Å²) in [6, 6.07) is 3.40. The van der Waals surface area contributed by atoms with Gasteiger partial charge in [-0.2, -0.15) is 0 Å². The number of ether oxygens (including phenoxy) is 1. The van der Waals surface area contributed by atoms with Crippen molar-refractivity contribution in [3.05, 3.63) is 29.6 Å². The summed E-state index contributed by atoms with van der Waals surface area (Å²) in [6.45, 7) is 0. The number of carbonyl (C=O) groups is 2. The maximum Gasteiger partial charge on any atom is 0.309 e. The number of carboxylic acids is 1. The first-order valence-corrected chi connectivity index (χ1v) is 5.38. The summed E-state index contributed by atoms with van der Waals surface area (Å²) >= 11 is 0. The number of rotatable bonds is 3. The highest BCUT2D eigenvalue weighted by atomic mass is 19.1. The number of hydrogen-bond acceptors (Lipinski definition) is 3. The average molecular weight is 253 g/mol. The van der Waals surface area contributed by atoms with Gasteiger partial charge in [0.15, 0.2) is 11.6 Å². The van der Waals surface area contributed by atoms with Gasteiger partial charge in [-0.1, -0.05) is 6.07 Å². The fourth-order valence-corrected chi connectivity index (χ4v) is 2.07. The molecule has 18 heavy (non-hydrogen) atoms. The van der Waals surface area contributed by atoms with Crippen molar-refractivity contribution in [2.75, 3.05) is 7.11 Å². The Morgan fingerprint density at radius 1 is 1.56 bits per heavy atom. The molecule has 6 heteroatoms. The molecule has 1 aliphatic heterocycles. The van der Waals surface area contributed by atoms with Gasteiger partial charge in [0.1, 0.15) is 0 Å². The molecule has 0 aromatic heterocycles. The van der Waals surface area contributed by atoms with Crippen molar-refractivity contribution in [1.29, 1.82) is 0 Å². The SMILES string of the molecule is COc1cc(C2NC(=O)C[C@@H]2C(=O)O)ccc1F. The van der Waals surface area contributed by atoms with Crippen LogP contribution < -0.4 is 10.1 Å². The van der Waals surface area contributed by atoms with Crippen molar-refractivity contribution in [3.8, 4) is 5.75 Å². The summed E-state index contributed by atoms with van der Waals surface area (Å²) < 4.78 is 18.1. The zero-order valence-electron chi connectivity index (χ0n) is 9.64. The molecule has 1 saturated heterocycles. The first-order chi connectivity index (χ1) is 8.52. The number of hydrogen-bond donors (Lipinski definition) is 2. The number of aliphatic carboxylic acids is 1. The van der Waals surface area contributed by atoms with Crippen LogP contribution in [0.3, 0.4) is 0 Å². The van der Waals surface area contributed by atoms with Gasteiger partial charge >= 0.3 is 5.97 Å². The van der Waals surface area contributed by atoms with Gasteiger partial charge in [-0.15, -0.1) is 0 Å². The van der Waals surface area contributed by atoms with E-state index in [1.165, 1.54) is 25.3 Å². The monoisotopic (exact) mass is 253 g/mol. The lowest BCUT2D eigenvalue weighted by Crippen LogP contribution is -2.24. The van der Waals surface area contributed by atoms with E-state index in [9.17, 15) is 14.0 Å². The Hall–Kier alpha value is -2.11. The van der Waals surface area contributed by atoms with Crippen molar-refractivity contribution >= 4 is 11.9 Å². The lowest BCUT2D eigenvalue weighted by molar-refractivity contribution is -0.142. The van der Waals surface area contributed by atoms with Crippen molar-refractivity contribution in [1.82, 2.24) is 5.32 Å². The Balaban J connectivity index is 2.35. The van der Waals surface area contributed by atoms with Gasteiger partial charge in [-0.3, -0.25) is 9.59 Å². The van der Waals surface area contributed by atoms with Crippen LogP contribution in [0.5, 0.6) is 5.75 Å². The van der Waals surface area contributed by atoms with E-state index in [1.54, 1.807) is 0 Å². The Bertz CT molecular complexity index is 503. The molecular weight excluding hydrogens is 241 g/mol. The van der Waals surface area contributed by atoms with Crippen LogP contribution in [0.1, 0.15) is 18.0 Å². The molecule has 1 aromatic carbocycles.